The van der Waals surface area contributed by atoms with E-state index in [1.165, 1.54) is 5.56 Å². The van der Waals surface area contributed by atoms with Gasteiger partial charge in [-0.25, -0.2) is 0 Å². The molecule has 1 saturated heterocycles. The molecule has 1 aliphatic heterocycles. The largest absolute Gasteiger partial charge is 0.497 e. The number of carbonyl (C=O) groups excluding carboxylic acids is 2. The zero-order valence-corrected chi connectivity index (χ0v) is 25.2. The number of piperazine rings is 1. The SMILES string of the molecule is CCc1ccc(C(=O)N2CCN(C(=O)CCCCSc3nnc(-c4ccco4)n3-c3ccc(OC)cc3)CC2C)cc1. The number of hydrogen-bond donors (Lipinski definition) is 0. The van der Waals surface area contributed by atoms with E-state index in [-0.39, 0.29) is 17.9 Å². The Morgan fingerprint density at radius 2 is 1.81 bits per heavy atom. The Bertz CT molecular complexity index is 1470. The number of furan rings is 1. The molecule has 220 valence electrons. The van der Waals surface area contributed by atoms with Crippen LogP contribution in [0.4, 0.5) is 0 Å². The number of ether oxygens (including phenoxy) is 1. The molecule has 0 aliphatic carbocycles. The van der Waals surface area contributed by atoms with E-state index >= 15 is 0 Å². The van der Waals surface area contributed by atoms with Crippen molar-refractivity contribution in [3.05, 3.63) is 78.1 Å². The highest BCUT2D eigenvalue weighted by Gasteiger charge is 2.30. The van der Waals surface area contributed by atoms with Crippen molar-refractivity contribution >= 4 is 23.6 Å². The van der Waals surface area contributed by atoms with E-state index in [2.05, 4.69) is 17.1 Å². The third-order valence-electron chi connectivity index (χ3n) is 7.57. The number of benzene rings is 2. The van der Waals surface area contributed by atoms with E-state index < -0.39 is 0 Å². The minimum Gasteiger partial charge on any atom is -0.497 e. The topological polar surface area (TPSA) is 93.7 Å². The minimum absolute atomic E-state index is 0.0238. The Kier molecular flexibility index (Phi) is 9.63. The molecule has 0 spiro atoms. The van der Waals surface area contributed by atoms with E-state index in [1.54, 1.807) is 25.1 Å². The molecule has 2 aromatic heterocycles. The summed E-state index contributed by atoms with van der Waals surface area (Å²) in [5.41, 5.74) is 2.83. The van der Waals surface area contributed by atoms with Gasteiger partial charge in [0.2, 0.25) is 11.7 Å². The number of hydrogen-bond acceptors (Lipinski definition) is 7. The maximum atomic E-state index is 13.1. The fourth-order valence-electron chi connectivity index (χ4n) is 5.13. The number of aromatic nitrogens is 3. The summed E-state index contributed by atoms with van der Waals surface area (Å²) in [5, 5.41) is 9.59. The monoisotopic (exact) mass is 587 g/mol. The maximum absolute atomic E-state index is 13.1. The standard InChI is InChI=1S/C32H37N5O4S/c1-4-24-10-12-25(13-11-24)31(39)36-19-18-35(22-23(36)2)29(38)9-5-6-21-42-32-34-33-30(28-8-7-20-41-28)37(32)26-14-16-27(40-3)17-15-26/h7-8,10-17,20,23H,4-6,9,18-19,21-22H2,1-3H3. The number of methoxy groups -OCH3 is 1. The molecule has 3 heterocycles. The molecule has 0 N–H and O–H groups in total. The van der Waals surface area contributed by atoms with Gasteiger partial charge in [-0.2, -0.15) is 0 Å². The van der Waals surface area contributed by atoms with Crippen LogP contribution in [-0.4, -0.2) is 74.9 Å². The van der Waals surface area contributed by atoms with Crippen LogP contribution in [0.2, 0.25) is 0 Å². The third-order valence-corrected chi connectivity index (χ3v) is 8.59. The quantitative estimate of drug-likeness (QED) is 0.163. The van der Waals surface area contributed by atoms with E-state index in [0.717, 1.165) is 41.6 Å². The first kappa shape index (κ1) is 29.4. The van der Waals surface area contributed by atoms with E-state index in [1.807, 2.05) is 82.0 Å². The molecule has 2 aromatic carbocycles. The molecule has 5 rings (SSSR count). The first-order valence-electron chi connectivity index (χ1n) is 14.4. The average Bonchev–Trinajstić information content (AvgIpc) is 3.71. The first-order valence-corrected chi connectivity index (χ1v) is 15.4. The van der Waals surface area contributed by atoms with Crippen LogP contribution in [-0.2, 0) is 11.2 Å². The van der Waals surface area contributed by atoms with Gasteiger partial charge in [-0.1, -0.05) is 30.8 Å². The molecule has 1 fully saturated rings. The second-order valence-corrected chi connectivity index (χ2v) is 11.4. The lowest BCUT2D eigenvalue weighted by atomic mass is 10.1. The van der Waals surface area contributed by atoms with Crippen molar-refractivity contribution in [2.45, 2.75) is 50.7 Å². The van der Waals surface area contributed by atoms with Crippen LogP contribution in [0.1, 0.15) is 49.0 Å². The summed E-state index contributed by atoms with van der Waals surface area (Å²) in [6.07, 6.45) is 4.70. The lowest BCUT2D eigenvalue weighted by molar-refractivity contribution is -0.133. The van der Waals surface area contributed by atoms with Crippen molar-refractivity contribution < 1.29 is 18.7 Å². The number of unbranched alkanes of at least 4 members (excludes halogenated alkanes) is 1. The fourth-order valence-corrected chi connectivity index (χ4v) is 6.08. The molecule has 1 unspecified atom stereocenters. The molecule has 0 saturated carbocycles. The Balaban J connectivity index is 1.11. The predicted octanol–water partition coefficient (Wildman–Crippen LogP) is 5.73. The van der Waals surface area contributed by atoms with Gasteiger partial charge < -0.3 is 19.0 Å². The molecule has 1 aliphatic rings. The lowest BCUT2D eigenvalue weighted by Crippen LogP contribution is -2.55. The summed E-state index contributed by atoms with van der Waals surface area (Å²) in [4.78, 5) is 29.8. The van der Waals surface area contributed by atoms with Crippen molar-refractivity contribution in [1.82, 2.24) is 24.6 Å². The summed E-state index contributed by atoms with van der Waals surface area (Å²) in [6.45, 7) is 5.80. The minimum atomic E-state index is -0.0238. The molecular weight excluding hydrogens is 550 g/mol. The molecule has 2 amide bonds. The molecule has 1 atom stereocenters. The number of rotatable bonds is 11. The zero-order chi connectivity index (χ0) is 29.5. The van der Waals surface area contributed by atoms with Gasteiger partial charge >= 0.3 is 0 Å². The van der Waals surface area contributed by atoms with Crippen molar-refractivity contribution in [3.63, 3.8) is 0 Å². The van der Waals surface area contributed by atoms with Crippen molar-refractivity contribution in [2.75, 3.05) is 32.5 Å². The zero-order valence-electron chi connectivity index (χ0n) is 24.4. The van der Waals surface area contributed by atoms with Crippen LogP contribution in [0.25, 0.3) is 17.3 Å². The highest BCUT2D eigenvalue weighted by atomic mass is 32.2. The van der Waals surface area contributed by atoms with E-state index in [4.69, 9.17) is 9.15 Å². The van der Waals surface area contributed by atoms with Crippen molar-refractivity contribution in [2.24, 2.45) is 0 Å². The Labute approximate surface area is 250 Å². The summed E-state index contributed by atoms with van der Waals surface area (Å²) in [5.74, 6) is 3.03. The summed E-state index contributed by atoms with van der Waals surface area (Å²) in [7, 11) is 1.64. The van der Waals surface area contributed by atoms with Gasteiger partial charge in [0.1, 0.15) is 5.75 Å². The van der Waals surface area contributed by atoms with Crippen LogP contribution >= 0.6 is 11.8 Å². The molecule has 42 heavy (non-hydrogen) atoms. The molecular formula is C32H37N5O4S. The lowest BCUT2D eigenvalue weighted by Gasteiger charge is -2.40. The van der Waals surface area contributed by atoms with Crippen LogP contribution < -0.4 is 4.74 Å². The smallest absolute Gasteiger partial charge is 0.254 e. The van der Waals surface area contributed by atoms with Crippen LogP contribution in [0.5, 0.6) is 5.75 Å². The average molecular weight is 588 g/mol. The van der Waals surface area contributed by atoms with Crippen LogP contribution in [0.15, 0.2) is 76.5 Å². The van der Waals surface area contributed by atoms with Gasteiger partial charge in [0, 0.05) is 43.4 Å². The third kappa shape index (κ3) is 6.70. The molecule has 9 nitrogen and oxygen atoms in total. The normalized spacial score (nSPS) is 15.2. The Hall–Kier alpha value is -4.05. The van der Waals surface area contributed by atoms with E-state index in [0.29, 0.717) is 43.2 Å². The summed E-state index contributed by atoms with van der Waals surface area (Å²) < 4.78 is 12.9. The predicted molar refractivity (Wildman–Crippen MR) is 163 cm³/mol. The maximum Gasteiger partial charge on any atom is 0.254 e. The van der Waals surface area contributed by atoms with Crippen molar-refractivity contribution in [1.29, 1.82) is 0 Å². The number of aryl methyl sites for hydroxylation is 1. The number of carbonyl (C=O) groups is 2. The second kappa shape index (κ2) is 13.7. The van der Waals surface area contributed by atoms with Gasteiger partial charge in [-0.15, -0.1) is 10.2 Å². The van der Waals surface area contributed by atoms with Crippen LogP contribution in [0.3, 0.4) is 0 Å². The second-order valence-electron chi connectivity index (χ2n) is 10.4. The molecule has 10 heteroatoms. The number of thioether (sulfide) groups is 1. The molecule has 0 bridgehead atoms. The van der Waals surface area contributed by atoms with Gasteiger partial charge in [-0.3, -0.25) is 14.2 Å². The first-order chi connectivity index (χ1) is 20.5. The summed E-state index contributed by atoms with van der Waals surface area (Å²) >= 11 is 1.61. The van der Waals surface area contributed by atoms with Gasteiger partial charge in [0.25, 0.3) is 5.91 Å². The fraction of sp³-hybridized carbons (Fsp3) is 0.375. The molecule has 4 aromatic rings. The number of nitrogens with zero attached hydrogens (tertiary/aromatic N) is 5. The van der Waals surface area contributed by atoms with E-state index in [9.17, 15) is 9.59 Å². The highest BCUT2D eigenvalue weighted by molar-refractivity contribution is 7.99. The Morgan fingerprint density at radius 3 is 2.48 bits per heavy atom. The highest BCUT2D eigenvalue weighted by Crippen LogP contribution is 2.29. The summed E-state index contributed by atoms with van der Waals surface area (Å²) in [6, 6.07) is 19.2. The van der Waals surface area contributed by atoms with Gasteiger partial charge in [0.15, 0.2) is 10.9 Å². The number of amides is 2. The van der Waals surface area contributed by atoms with Crippen molar-refractivity contribution in [3.8, 4) is 23.0 Å². The van der Waals surface area contributed by atoms with Gasteiger partial charge in [-0.05, 0) is 80.3 Å². The molecule has 0 radical (unpaired) electrons. The van der Waals surface area contributed by atoms with Gasteiger partial charge in [0.05, 0.1) is 19.1 Å². The Morgan fingerprint density at radius 1 is 1.02 bits per heavy atom. The van der Waals surface area contributed by atoms with Crippen LogP contribution in [0, 0.1) is 0 Å².